The molecule has 52 heavy (non-hydrogen) atoms. The molecule has 0 radical (unpaired) electrons. The van der Waals surface area contributed by atoms with Crippen LogP contribution in [0.25, 0.3) is 71.6 Å². The molecule has 0 N–H and O–H groups in total. The number of nitrogens with zero attached hydrogens (tertiary/aromatic N) is 1. The third-order valence-electron chi connectivity index (χ3n) is 11.8. The first-order valence-corrected chi connectivity index (χ1v) is 19.8. The third-order valence-corrected chi connectivity index (χ3v) is 15.0. The zero-order valence-electron chi connectivity index (χ0n) is 29.0. The highest BCUT2D eigenvalue weighted by atomic mass is 31.2. The Morgan fingerprint density at radius 2 is 1.17 bits per heavy atom. The first-order chi connectivity index (χ1) is 25.4. The van der Waals surface area contributed by atoms with Crippen molar-refractivity contribution >= 4 is 55.6 Å². The van der Waals surface area contributed by atoms with Crippen molar-refractivity contribution in [2.45, 2.75) is 19.3 Å². The van der Waals surface area contributed by atoms with Gasteiger partial charge in [0.05, 0.1) is 16.3 Å². The summed E-state index contributed by atoms with van der Waals surface area (Å²) in [5, 5.41) is 7.53. The van der Waals surface area contributed by atoms with E-state index in [1.807, 2.05) is 36.4 Å². The minimum atomic E-state index is -3.22. The topological polar surface area (TPSA) is 22.0 Å². The van der Waals surface area contributed by atoms with Crippen LogP contribution in [0.2, 0.25) is 0 Å². The second-order valence-electron chi connectivity index (χ2n) is 14.8. The molecule has 2 nitrogen and oxygen atoms in total. The van der Waals surface area contributed by atoms with Gasteiger partial charge in [0, 0.05) is 32.5 Å². The molecule has 1 aliphatic heterocycles. The van der Waals surface area contributed by atoms with Gasteiger partial charge in [-0.05, 0) is 79.5 Å². The summed E-state index contributed by atoms with van der Waals surface area (Å²) < 4.78 is 18.4. The first kappa shape index (κ1) is 29.7. The molecule has 1 atom stereocenters. The average Bonchev–Trinajstić information content (AvgIpc) is 3.75. The molecule has 0 amide bonds. The van der Waals surface area contributed by atoms with Crippen LogP contribution in [0.3, 0.4) is 0 Å². The minimum absolute atomic E-state index is 0.146. The van der Waals surface area contributed by atoms with E-state index in [1.165, 1.54) is 44.2 Å². The van der Waals surface area contributed by atoms with Gasteiger partial charge in [-0.3, -0.25) is 0 Å². The quantitative estimate of drug-likeness (QED) is 0.170. The summed E-state index contributed by atoms with van der Waals surface area (Å²) in [6, 6.07) is 60.8. The highest BCUT2D eigenvalue weighted by Crippen LogP contribution is 2.56. The maximum absolute atomic E-state index is 16.0. The van der Waals surface area contributed by atoms with E-state index < -0.39 is 7.14 Å². The Labute approximate surface area is 303 Å². The zero-order valence-corrected chi connectivity index (χ0v) is 29.9. The highest BCUT2D eigenvalue weighted by Gasteiger charge is 2.43. The van der Waals surface area contributed by atoms with Crippen LogP contribution >= 0.6 is 7.14 Å². The fraction of sp³-hybridized carbons (Fsp3) is 0.0612. The number of fused-ring (bicyclic) bond motifs is 11. The van der Waals surface area contributed by atoms with Crippen molar-refractivity contribution in [3.8, 4) is 39.1 Å². The van der Waals surface area contributed by atoms with Crippen LogP contribution in [-0.4, -0.2) is 4.57 Å². The Balaban J connectivity index is 1.20. The molecule has 9 aromatic rings. The van der Waals surface area contributed by atoms with Crippen LogP contribution in [0, 0.1) is 0 Å². The van der Waals surface area contributed by atoms with Crippen molar-refractivity contribution in [2.75, 3.05) is 0 Å². The molecule has 0 saturated carbocycles. The summed E-state index contributed by atoms with van der Waals surface area (Å²) in [7, 11) is -3.22. The molecule has 1 aromatic heterocycles. The molecular formula is C49H34NOP. The van der Waals surface area contributed by atoms with E-state index in [0.29, 0.717) is 0 Å². The van der Waals surface area contributed by atoms with E-state index in [2.05, 4.69) is 152 Å². The van der Waals surface area contributed by atoms with E-state index in [-0.39, 0.29) is 5.41 Å². The number of hydrogen-bond acceptors (Lipinski definition) is 1. The monoisotopic (exact) mass is 683 g/mol. The number of benzene rings is 8. The summed E-state index contributed by atoms with van der Waals surface area (Å²) in [6.07, 6.45) is 0. The van der Waals surface area contributed by atoms with Crippen LogP contribution in [0.15, 0.2) is 170 Å². The lowest BCUT2D eigenvalue weighted by Gasteiger charge is -2.22. The smallest absolute Gasteiger partial charge is 0.174 e. The van der Waals surface area contributed by atoms with Crippen molar-refractivity contribution in [3.05, 3.63) is 181 Å². The van der Waals surface area contributed by atoms with Gasteiger partial charge in [0.15, 0.2) is 7.14 Å². The van der Waals surface area contributed by atoms with Crippen molar-refractivity contribution in [2.24, 2.45) is 0 Å². The second kappa shape index (κ2) is 10.5. The van der Waals surface area contributed by atoms with Crippen molar-refractivity contribution in [1.82, 2.24) is 4.57 Å². The molecule has 0 spiro atoms. The normalized spacial score (nSPS) is 16.6. The summed E-state index contributed by atoms with van der Waals surface area (Å²) in [4.78, 5) is 0. The first-order valence-electron chi connectivity index (χ1n) is 18.0. The Bertz CT molecular complexity index is 3020. The number of para-hydroxylation sites is 1. The minimum Gasteiger partial charge on any atom is -0.309 e. The van der Waals surface area contributed by atoms with Gasteiger partial charge in [-0.15, -0.1) is 0 Å². The van der Waals surface area contributed by atoms with Gasteiger partial charge in [-0.1, -0.05) is 159 Å². The van der Waals surface area contributed by atoms with Gasteiger partial charge < -0.3 is 9.13 Å². The molecule has 1 unspecified atom stereocenters. The van der Waals surface area contributed by atoms with Crippen LogP contribution < -0.4 is 15.9 Å². The van der Waals surface area contributed by atoms with E-state index in [1.54, 1.807) is 0 Å². The summed E-state index contributed by atoms with van der Waals surface area (Å²) in [5.41, 5.74) is 12.9. The Hall–Kier alpha value is -5.95. The molecule has 1 aliphatic carbocycles. The molecule has 246 valence electrons. The average molecular weight is 684 g/mol. The van der Waals surface area contributed by atoms with Gasteiger partial charge in [-0.25, -0.2) is 0 Å². The Kier molecular flexibility index (Phi) is 6.03. The molecular weight excluding hydrogens is 650 g/mol. The zero-order chi connectivity index (χ0) is 34.8. The number of aromatic nitrogens is 1. The van der Waals surface area contributed by atoms with Crippen LogP contribution in [0.4, 0.5) is 0 Å². The lowest BCUT2D eigenvalue weighted by molar-refractivity contribution is 0.593. The molecule has 8 aromatic carbocycles. The largest absolute Gasteiger partial charge is 0.309 e. The molecule has 0 saturated heterocycles. The van der Waals surface area contributed by atoms with Crippen molar-refractivity contribution < 1.29 is 4.57 Å². The van der Waals surface area contributed by atoms with E-state index in [9.17, 15) is 0 Å². The van der Waals surface area contributed by atoms with E-state index >= 15 is 4.57 Å². The maximum atomic E-state index is 16.0. The number of hydrogen-bond donors (Lipinski definition) is 0. The number of rotatable bonds is 3. The summed E-state index contributed by atoms with van der Waals surface area (Å²) >= 11 is 0. The third kappa shape index (κ3) is 3.83. The molecule has 0 fully saturated rings. The molecule has 0 bridgehead atoms. The fourth-order valence-corrected chi connectivity index (χ4v) is 12.6. The van der Waals surface area contributed by atoms with Crippen molar-refractivity contribution in [1.29, 1.82) is 0 Å². The lowest BCUT2D eigenvalue weighted by atomic mass is 9.82. The predicted octanol–water partition coefficient (Wildman–Crippen LogP) is 11.5. The van der Waals surface area contributed by atoms with Gasteiger partial charge in [0.2, 0.25) is 0 Å². The highest BCUT2D eigenvalue weighted by molar-refractivity contribution is 7.86. The SMILES string of the molecule is CC1(C)c2ccc(-c3cccc4ccccc34)cc2-c2cc(-n3c4ccccc4c4ccc5c(c43)P(=O)(c3ccccc3)c3ccccc3-5)ccc21. The van der Waals surface area contributed by atoms with Crippen molar-refractivity contribution in [3.63, 3.8) is 0 Å². The lowest BCUT2D eigenvalue weighted by Crippen LogP contribution is -2.22. The molecule has 11 rings (SSSR count). The molecule has 2 aliphatic rings. The van der Waals surface area contributed by atoms with Crippen LogP contribution in [0.1, 0.15) is 25.0 Å². The van der Waals surface area contributed by atoms with E-state index in [4.69, 9.17) is 0 Å². The Morgan fingerprint density at radius 1 is 0.500 bits per heavy atom. The van der Waals surface area contributed by atoms with Gasteiger partial charge in [0.25, 0.3) is 0 Å². The summed E-state index contributed by atoms with van der Waals surface area (Å²) in [6.45, 7) is 4.69. The van der Waals surface area contributed by atoms with Gasteiger partial charge >= 0.3 is 0 Å². The van der Waals surface area contributed by atoms with Crippen LogP contribution in [-0.2, 0) is 9.98 Å². The second-order valence-corrected chi connectivity index (χ2v) is 17.5. The fourth-order valence-electron chi connectivity index (χ4n) is 9.39. The van der Waals surface area contributed by atoms with Gasteiger partial charge in [0.1, 0.15) is 0 Å². The molecule has 3 heteroatoms. The van der Waals surface area contributed by atoms with Crippen LogP contribution in [0.5, 0.6) is 0 Å². The van der Waals surface area contributed by atoms with Gasteiger partial charge in [-0.2, -0.15) is 0 Å². The predicted molar refractivity (Wildman–Crippen MR) is 220 cm³/mol. The van der Waals surface area contributed by atoms with E-state index in [0.717, 1.165) is 54.5 Å². The molecule has 2 heterocycles. The summed E-state index contributed by atoms with van der Waals surface area (Å²) in [5.74, 6) is 0. The Morgan fingerprint density at radius 3 is 2.04 bits per heavy atom. The maximum Gasteiger partial charge on any atom is 0.174 e. The standard InChI is InChI=1S/C49H34NOP/c1-49(2)43-27-23-32(36-20-12-14-31-13-6-7-17-35(31)36)29-41(43)42-30-33(24-28-44(42)49)50-45-21-10-8-18-37(45)39-25-26-40-38-19-9-11-22-46(38)52(51,48(40)47(39)50)34-15-4-3-5-16-34/h3-30H,1-2H3.